The topological polar surface area (TPSA) is 32.8 Å². The van der Waals surface area contributed by atoms with Crippen LogP contribution in [0.3, 0.4) is 0 Å². The molecule has 5 heteroatoms. The number of ether oxygens (including phenoxy) is 1. The second kappa shape index (κ2) is 6.24. The number of piperidine rings is 1. The number of amides is 1. The largest absolute Gasteiger partial charge is 0.373 e. The van der Waals surface area contributed by atoms with Crippen molar-refractivity contribution >= 4 is 17.2 Å². The van der Waals surface area contributed by atoms with Gasteiger partial charge >= 0.3 is 0 Å². The molecule has 0 spiro atoms. The number of morpholine rings is 1. The molecule has 0 N–H and O–H groups in total. The zero-order chi connectivity index (χ0) is 13.9. The first-order chi connectivity index (χ1) is 9.78. The predicted octanol–water partition coefficient (Wildman–Crippen LogP) is 1.61. The molecule has 2 aliphatic heterocycles. The van der Waals surface area contributed by atoms with Crippen molar-refractivity contribution in [1.82, 2.24) is 9.80 Å². The Morgan fingerprint density at radius 2 is 2.40 bits per heavy atom. The summed E-state index contributed by atoms with van der Waals surface area (Å²) in [7, 11) is 0. The summed E-state index contributed by atoms with van der Waals surface area (Å²) in [6.07, 6.45) is 1.77. The maximum atomic E-state index is 12.5. The lowest BCUT2D eigenvalue weighted by Gasteiger charge is -2.46. The smallest absolute Gasteiger partial charge is 0.227 e. The Hall–Kier alpha value is -0.910. The highest BCUT2D eigenvalue weighted by molar-refractivity contribution is 7.07. The van der Waals surface area contributed by atoms with Crippen LogP contribution in [0, 0.1) is 0 Å². The SMILES string of the molecule is CCN1CCC2C(C1)OCCN2C(=O)Cc1ccsc1. The molecule has 0 bridgehead atoms. The van der Waals surface area contributed by atoms with Gasteiger partial charge in [-0.25, -0.2) is 0 Å². The number of carbonyl (C=O) groups is 1. The van der Waals surface area contributed by atoms with Gasteiger partial charge in [0.05, 0.1) is 25.2 Å². The summed E-state index contributed by atoms with van der Waals surface area (Å²) < 4.78 is 5.90. The molecular formula is C15H22N2O2S. The molecular weight excluding hydrogens is 272 g/mol. The van der Waals surface area contributed by atoms with E-state index in [0.717, 1.165) is 38.2 Å². The molecule has 1 aromatic rings. The van der Waals surface area contributed by atoms with Gasteiger partial charge in [0, 0.05) is 19.6 Å². The molecule has 2 aliphatic rings. The molecule has 2 unspecified atom stereocenters. The standard InChI is InChI=1S/C15H22N2O2S/c1-2-16-5-3-13-14(10-16)19-7-6-17(13)15(18)9-12-4-8-20-11-12/h4,8,11,13-14H,2-3,5-7,9-10H2,1H3. The van der Waals surface area contributed by atoms with Crippen molar-refractivity contribution in [2.45, 2.75) is 31.9 Å². The molecule has 3 heterocycles. The molecule has 4 nitrogen and oxygen atoms in total. The Morgan fingerprint density at radius 3 is 3.15 bits per heavy atom. The van der Waals surface area contributed by atoms with Crippen molar-refractivity contribution < 1.29 is 9.53 Å². The molecule has 2 atom stereocenters. The summed E-state index contributed by atoms with van der Waals surface area (Å²) in [6, 6.07) is 2.32. The number of carbonyl (C=O) groups excluding carboxylic acids is 1. The first-order valence-corrected chi connectivity index (χ1v) is 8.36. The van der Waals surface area contributed by atoms with E-state index in [1.165, 1.54) is 0 Å². The summed E-state index contributed by atoms with van der Waals surface area (Å²) in [5, 5.41) is 4.10. The summed E-state index contributed by atoms with van der Waals surface area (Å²) in [6.45, 7) is 6.70. The molecule has 2 saturated heterocycles. The fourth-order valence-electron chi connectivity index (χ4n) is 3.22. The zero-order valence-electron chi connectivity index (χ0n) is 12.0. The Kier molecular flexibility index (Phi) is 4.38. The lowest BCUT2D eigenvalue weighted by Crippen LogP contribution is -2.60. The fraction of sp³-hybridized carbons (Fsp3) is 0.667. The van der Waals surface area contributed by atoms with Crippen LogP contribution in [0.25, 0.3) is 0 Å². The van der Waals surface area contributed by atoms with Crippen LogP contribution in [0.5, 0.6) is 0 Å². The summed E-state index contributed by atoms with van der Waals surface area (Å²) in [5.41, 5.74) is 1.13. The van der Waals surface area contributed by atoms with Crippen LogP contribution in [-0.2, 0) is 16.0 Å². The minimum absolute atomic E-state index is 0.198. The Bertz CT molecular complexity index is 449. The van der Waals surface area contributed by atoms with Crippen LogP contribution >= 0.6 is 11.3 Å². The molecule has 110 valence electrons. The van der Waals surface area contributed by atoms with Gasteiger partial charge in [0.25, 0.3) is 0 Å². The van der Waals surface area contributed by atoms with E-state index in [0.29, 0.717) is 13.0 Å². The quantitative estimate of drug-likeness (QED) is 0.849. The number of likely N-dealkylation sites (tertiary alicyclic amines) is 1. The third kappa shape index (κ3) is 2.90. The Morgan fingerprint density at radius 1 is 1.50 bits per heavy atom. The van der Waals surface area contributed by atoms with Gasteiger partial charge in [0.15, 0.2) is 0 Å². The maximum Gasteiger partial charge on any atom is 0.227 e. The second-order valence-electron chi connectivity index (χ2n) is 5.55. The van der Waals surface area contributed by atoms with Gasteiger partial charge in [0.2, 0.25) is 5.91 Å². The second-order valence-corrected chi connectivity index (χ2v) is 6.33. The van der Waals surface area contributed by atoms with Gasteiger partial charge in [-0.2, -0.15) is 11.3 Å². The van der Waals surface area contributed by atoms with E-state index in [2.05, 4.69) is 22.1 Å². The maximum absolute atomic E-state index is 12.5. The molecule has 1 amide bonds. The molecule has 1 aromatic heterocycles. The summed E-state index contributed by atoms with van der Waals surface area (Å²) in [5.74, 6) is 0.256. The number of rotatable bonds is 3. The van der Waals surface area contributed by atoms with E-state index in [1.54, 1.807) is 11.3 Å². The normalized spacial score (nSPS) is 27.4. The molecule has 0 aromatic carbocycles. The zero-order valence-corrected chi connectivity index (χ0v) is 12.8. The Balaban J connectivity index is 1.65. The van der Waals surface area contributed by atoms with Crippen LogP contribution in [0.2, 0.25) is 0 Å². The van der Waals surface area contributed by atoms with Crippen molar-refractivity contribution in [3.63, 3.8) is 0 Å². The third-order valence-corrected chi connectivity index (χ3v) is 5.11. The number of fused-ring (bicyclic) bond motifs is 1. The minimum Gasteiger partial charge on any atom is -0.373 e. The molecule has 0 radical (unpaired) electrons. The van der Waals surface area contributed by atoms with E-state index in [9.17, 15) is 4.79 Å². The third-order valence-electron chi connectivity index (χ3n) is 4.38. The lowest BCUT2D eigenvalue weighted by molar-refractivity contribution is -0.151. The number of hydrogen-bond acceptors (Lipinski definition) is 4. The van der Waals surface area contributed by atoms with Crippen molar-refractivity contribution in [2.24, 2.45) is 0 Å². The average molecular weight is 294 g/mol. The monoisotopic (exact) mass is 294 g/mol. The van der Waals surface area contributed by atoms with Gasteiger partial charge < -0.3 is 14.5 Å². The number of hydrogen-bond donors (Lipinski definition) is 0. The first kappa shape index (κ1) is 14.0. The lowest BCUT2D eigenvalue weighted by atomic mass is 9.97. The first-order valence-electron chi connectivity index (χ1n) is 7.42. The molecule has 0 saturated carbocycles. The van der Waals surface area contributed by atoms with Crippen LogP contribution in [0.4, 0.5) is 0 Å². The predicted molar refractivity (Wildman–Crippen MR) is 80.0 cm³/mol. The van der Waals surface area contributed by atoms with Crippen LogP contribution in [0.15, 0.2) is 16.8 Å². The van der Waals surface area contributed by atoms with Crippen LogP contribution in [0.1, 0.15) is 18.9 Å². The highest BCUT2D eigenvalue weighted by atomic mass is 32.1. The van der Waals surface area contributed by atoms with E-state index in [4.69, 9.17) is 4.74 Å². The summed E-state index contributed by atoms with van der Waals surface area (Å²) in [4.78, 5) is 17.0. The molecule has 2 fully saturated rings. The number of thiophene rings is 1. The van der Waals surface area contributed by atoms with E-state index in [-0.39, 0.29) is 18.1 Å². The fourth-order valence-corrected chi connectivity index (χ4v) is 3.89. The minimum atomic E-state index is 0.198. The highest BCUT2D eigenvalue weighted by Gasteiger charge is 2.38. The molecule has 0 aliphatic carbocycles. The molecule has 3 rings (SSSR count). The number of nitrogens with zero attached hydrogens (tertiary/aromatic N) is 2. The van der Waals surface area contributed by atoms with Crippen molar-refractivity contribution in [1.29, 1.82) is 0 Å². The average Bonchev–Trinajstić information content (AvgIpc) is 2.98. The van der Waals surface area contributed by atoms with E-state index < -0.39 is 0 Å². The van der Waals surface area contributed by atoms with Gasteiger partial charge in [0.1, 0.15) is 0 Å². The van der Waals surface area contributed by atoms with Crippen molar-refractivity contribution in [2.75, 3.05) is 32.8 Å². The van der Waals surface area contributed by atoms with Gasteiger partial charge in [-0.15, -0.1) is 0 Å². The van der Waals surface area contributed by atoms with Gasteiger partial charge in [-0.05, 0) is 35.4 Å². The van der Waals surface area contributed by atoms with Gasteiger partial charge in [-0.1, -0.05) is 6.92 Å². The van der Waals surface area contributed by atoms with Crippen LogP contribution < -0.4 is 0 Å². The molecule has 20 heavy (non-hydrogen) atoms. The van der Waals surface area contributed by atoms with Crippen molar-refractivity contribution in [3.05, 3.63) is 22.4 Å². The summed E-state index contributed by atoms with van der Waals surface area (Å²) >= 11 is 1.65. The van der Waals surface area contributed by atoms with E-state index in [1.807, 2.05) is 11.4 Å². The Labute approximate surface area is 124 Å². The van der Waals surface area contributed by atoms with Crippen molar-refractivity contribution in [3.8, 4) is 0 Å². The van der Waals surface area contributed by atoms with E-state index >= 15 is 0 Å². The highest BCUT2D eigenvalue weighted by Crippen LogP contribution is 2.24. The van der Waals surface area contributed by atoms with Crippen LogP contribution in [-0.4, -0.2) is 60.6 Å². The van der Waals surface area contributed by atoms with Gasteiger partial charge in [-0.3, -0.25) is 4.79 Å². The number of likely N-dealkylation sites (N-methyl/N-ethyl adjacent to an activating group) is 1.